The number of methoxy groups -OCH3 is 1. The number of benzene rings is 1. The third-order valence-corrected chi connectivity index (χ3v) is 6.39. The van der Waals surface area contributed by atoms with Gasteiger partial charge >= 0.3 is 11.9 Å². The number of aryl methyl sites for hydroxylation is 2. The molecule has 3 N–H and O–H groups in total. The minimum atomic E-state index is -1.26. The number of aliphatic carboxylic acids is 2. The SMILES string of the molecule is COc1cc(C)c(F)c(COc2cnc(Nc3cnn(CCCN4CCN(C)CC4)c3)nc2)c1F.O=C(O)/C=C/C(=O)O. The highest BCUT2D eigenvalue weighted by atomic mass is 19.1. The van der Waals surface area contributed by atoms with Gasteiger partial charge in [0.1, 0.15) is 12.4 Å². The number of nitrogens with zero attached hydrogens (tertiary/aromatic N) is 6. The quantitative estimate of drug-likeness (QED) is 0.261. The van der Waals surface area contributed by atoms with Gasteiger partial charge in [0.25, 0.3) is 0 Å². The van der Waals surface area contributed by atoms with Gasteiger partial charge in [-0.05, 0) is 38.6 Å². The van der Waals surface area contributed by atoms with Crippen molar-refractivity contribution in [1.29, 1.82) is 0 Å². The Balaban J connectivity index is 0.000000557. The zero-order valence-electron chi connectivity index (χ0n) is 24.2. The summed E-state index contributed by atoms with van der Waals surface area (Å²) in [7, 11) is 3.49. The molecule has 0 bridgehead atoms. The molecule has 0 saturated carbocycles. The molecule has 0 amide bonds. The number of aromatic nitrogens is 4. The average Bonchev–Trinajstić information content (AvgIpc) is 3.43. The van der Waals surface area contributed by atoms with Crippen molar-refractivity contribution in [2.75, 3.05) is 52.2 Å². The largest absolute Gasteiger partial charge is 0.494 e. The Morgan fingerprint density at radius 3 is 2.28 bits per heavy atom. The number of hydrogen-bond acceptors (Lipinski definition) is 10. The molecule has 1 aliphatic heterocycles. The molecule has 0 aliphatic carbocycles. The zero-order valence-corrected chi connectivity index (χ0v) is 24.2. The highest BCUT2D eigenvalue weighted by Crippen LogP contribution is 2.27. The Morgan fingerprint density at radius 2 is 1.67 bits per heavy atom. The lowest BCUT2D eigenvalue weighted by Crippen LogP contribution is -2.44. The molecular weight excluding hydrogens is 568 g/mol. The minimum Gasteiger partial charge on any atom is -0.494 e. The van der Waals surface area contributed by atoms with Gasteiger partial charge in [-0.1, -0.05) is 0 Å². The molecule has 0 atom stereocenters. The number of rotatable bonds is 12. The van der Waals surface area contributed by atoms with Crippen LogP contribution in [0.3, 0.4) is 0 Å². The van der Waals surface area contributed by atoms with Crippen molar-refractivity contribution in [3.63, 3.8) is 0 Å². The van der Waals surface area contributed by atoms with Crippen LogP contribution < -0.4 is 14.8 Å². The number of halogens is 2. The normalized spacial score (nSPS) is 13.8. The second kappa shape index (κ2) is 16.1. The van der Waals surface area contributed by atoms with E-state index in [-0.39, 0.29) is 29.2 Å². The molecule has 1 saturated heterocycles. The van der Waals surface area contributed by atoms with Gasteiger partial charge in [0.2, 0.25) is 5.95 Å². The van der Waals surface area contributed by atoms with Gasteiger partial charge in [0, 0.05) is 51.1 Å². The first kappa shape index (κ1) is 32.9. The van der Waals surface area contributed by atoms with E-state index in [1.807, 2.05) is 10.9 Å². The summed E-state index contributed by atoms with van der Waals surface area (Å²) < 4.78 is 41.1. The molecule has 232 valence electrons. The smallest absolute Gasteiger partial charge is 0.328 e. The highest BCUT2D eigenvalue weighted by Gasteiger charge is 2.18. The Kier molecular flexibility index (Phi) is 12.3. The maximum atomic E-state index is 14.4. The van der Waals surface area contributed by atoms with Gasteiger partial charge in [-0.3, -0.25) is 4.68 Å². The van der Waals surface area contributed by atoms with Crippen LogP contribution in [0.15, 0.2) is 43.0 Å². The maximum Gasteiger partial charge on any atom is 0.328 e. The van der Waals surface area contributed by atoms with Crippen LogP contribution in [-0.4, -0.2) is 98.6 Å². The Morgan fingerprint density at radius 1 is 1.02 bits per heavy atom. The summed E-state index contributed by atoms with van der Waals surface area (Å²) in [5.41, 5.74) is 0.843. The molecule has 2 aromatic heterocycles. The summed E-state index contributed by atoms with van der Waals surface area (Å²) in [6, 6.07) is 1.31. The lowest BCUT2D eigenvalue weighted by atomic mass is 10.1. The van der Waals surface area contributed by atoms with Crippen LogP contribution in [0.4, 0.5) is 20.4 Å². The van der Waals surface area contributed by atoms with E-state index < -0.39 is 23.6 Å². The lowest BCUT2D eigenvalue weighted by molar-refractivity contribution is -0.134. The third kappa shape index (κ3) is 10.6. The molecule has 1 aliphatic rings. The van der Waals surface area contributed by atoms with E-state index in [4.69, 9.17) is 19.7 Å². The van der Waals surface area contributed by atoms with Gasteiger partial charge in [-0.2, -0.15) is 5.10 Å². The topological polar surface area (TPSA) is 155 Å². The lowest BCUT2D eigenvalue weighted by Gasteiger charge is -2.32. The number of anilines is 2. The molecule has 1 aromatic carbocycles. The number of carboxylic acids is 2. The van der Waals surface area contributed by atoms with Crippen LogP contribution in [-0.2, 0) is 22.7 Å². The molecule has 0 radical (unpaired) electrons. The number of ether oxygens (including phenoxy) is 2. The van der Waals surface area contributed by atoms with Crippen LogP contribution in [0.25, 0.3) is 0 Å². The van der Waals surface area contributed by atoms with Crippen molar-refractivity contribution < 1.29 is 38.1 Å². The second-order valence-corrected chi connectivity index (χ2v) is 9.66. The molecule has 15 heteroatoms. The van der Waals surface area contributed by atoms with Crippen LogP contribution in [0, 0.1) is 18.6 Å². The molecule has 3 heterocycles. The van der Waals surface area contributed by atoms with Gasteiger partial charge < -0.3 is 34.8 Å². The first-order valence-electron chi connectivity index (χ1n) is 13.4. The Hall–Kier alpha value is -4.63. The van der Waals surface area contributed by atoms with Gasteiger partial charge in [-0.15, -0.1) is 0 Å². The molecule has 0 spiro atoms. The molecule has 0 unspecified atom stereocenters. The molecule has 3 aromatic rings. The summed E-state index contributed by atoms with van der Waals surface area (Å²) in [4.78, 5) is 32.4. The van der Waals surface area contributed by atoms with Crippen molar-refractivity contribution in [1.82, 2.24) is 29.5 Å². The molecular formula is C28H35F2N7O6. The monoisotopic (exact) mass is 603 g/mol. The van der Waals surface area contributed by atoms with Gasteiger partial charge in [0.05, 0.1) is 37.0 Å². The maximum absolute atomic E-state index is 14.4. The van der Waals surface area contributed by atoms with E-state index in [0.29, 0.717) is 18.1 Å². The highest BCUT2D eigenvalue weighted by molar-refractivity contribution is 5.89. The number of carboxylic acid groups (broad SMARTS) is 2. The van der Waals surface area contributed by atoms with E-state index in [1.165, 1.54) is 25.6 Å². The first-order chi connectivity index (χ1) is 20.5. The predicted molar refractivity (Wildman–Crippen MR) is 152 cm³/mol. The van der Waals surface area contributed by atoms with Crippen molar-refractivity contribution in [3.8, 4) is 11.5 Å². The molecule has 43 heavy (non-hydrogen) atoms. The Bertz CT molecular complexity index is 1380. The molecule has 1 fully saturated rings. The van der Waals surface area contributed by atoms with E-state index in [2.05, 4.69) is 37.2 Å². The predicted octanol–water partition coefficient (Wildman–Crippen LogP) is 2.94. The second-order valence-electron chi connectivity index (χ2n) is 9.66. The third-order valence-electron chi connectivity index (χ3n) is 6.39. The minimum absolute atomic E-state index is 0.0295. The summed E-state index contributed by atoms with van der Waals surface area (Å²) in [6.45, 7) is 7.59. The van der Waals surface area contributed by atoms with E-state index in [9.17, 15) is 18.4 Å². The number of nitrogens with one attached hydrogen (secondary N) is 1. The van der Waals surface area contributed by atoms with E-state index >= 15 is 0 Å². The van der Waals surface area contributed by atoms with Crippen molar-refractivity contribution in [2.45, 2.75) is 26.5 Å². The summed E-state index contributed by atoms with van der Waals surface area (Å²) in [6.07, 6.45) is 8.66. The van der Waals surface area contributed by atoms with Crippen molar-refractivity contribution in [2.24, 2.45) is 0 Å². The van der Waals surface area contributed by atoms with Gasteiger partial charge in [-0.25, -0.2) is 28.3 Å². The van der Waals surface area contributed by atoms with Crippen LogP contribution in [0.1, 0.15) is 17.5 Å². The summed E-state index contributed by atoms with van der Waals surface area (Å²) >= 11 is 0. The van der Waals surface area contributed by atoms with Crippen molar-refractivity contribution in [3.05, 3.63) is 65.8 Å². The van der Waals surface area contributed by atoms with Gasteiger partial charge in [0.15, 0.2) is 17.3 Å². The fraction of sp³-hybridized carbons (Fsp3) is 0.393. The summed E-state index contributed by atoms with van der Waals surface area (Å²) in [5, 5.41) is 23.1. The number of piperazine rings is 1. The fourth-order valence-corrected chi connectivity index (χ4v) is 4.04. The summed E-state index contributed by atoms with van der Waals surface area (Å²) in [5.74, 6) is -3.34. The number of likely N-dealkylation sites (N-methyl/N-ethyl adjacent to an activating group) is 1. The zero-order chi connectivity index (χ0) is 31.4. The Labute approximate surface area is 247 Å². The standard InChI is InChI=1S/C24H31F2N7O2.C4H4O4/c1-17-11-21(34-3)23(26)20(22(17)25)16-35-19-13-27-24(28-14-19)30-18-12-29-33(15-18)6-4-5-32-9-7-31(2)8-10-32;5-3(6)1-2-4(7)8/h11-15H,4-10,16H2,1-3H3,(H,27,28,30);1-2H,(H,5,6)(H,7,8)/b;2-1+. The van der Waals surface area contributed by atoms with Crippen LogP contribution in [0.2, 0.25) is 0 Å². The molecule has 4 rings (SSSR count). The fourth-order valence-electron chi connectivity index (χ4n) is 4.04. The molecule has 13 nitrogen and oxygen atoms in total. The van der Waals surface area contributed by atoms with E-state index in [0.717, 1.165) is 51.4 Å². The van der Waals surface area contributed by atoms with Crippen LogP contribution in [0.5, 0.6) is 11.5 Å². The van der Waals surface area contributed by atoms with E-state index in [1.54, 1.807) is 13.1 Å². The average molecular weight is 604 g/mol. The first-order valence-corrected chi connectivity index (χ1v) is 13.4. The number of carbonyl (C=O) groups is 2. The van der Waals surface area contributed by atoms with Crippen molar-refractivity contribution >= 4 is 23.6 Å². The van der Waals surface area contributed by atoms with Crippen LogP contribution >= 0.6 is 0 Å². The number of hydrogen-bond donors (Lipinski definition) is 3.